The number of fused-ring (bicyclic) bond motifs is 1. The Morgan fingerprint density at radius 2 is 1.76 bits per heavy atom. The molecule has 0 amide bonds. The topological polar surface area (TPSA) is 101 Å². The molecule has 0 spiro atoms. The van der Waals surface area contributed by atoms with Crippen LogP contribution in [0.4, 0.5) is 0 Å². The fourth-order valence-corrected chi connectivity index (χ4v) is 3.57. The maximum Gasteiger partial charge on any atom is 0.337 e. The number of Topliss-reactive ketones (excluding diaryl/α,β-unsaturated/α-hetero) is 1. The van der Waals surface area contributed by atoms with Crippen molar-refractivity contribution in [3.8, 4) is 0 Å². The molecular weight excluding hydrogens is 426 g/mol. The van der Waals surface area contributed by atoms with Crippen molar-refractivity contribution in [2.75, 3.05) is 6.61 Å². The van der Waals surface area contributed by atoms with E-state index in [1.165, 1.54) is 19.1 Å². The van der Waals surface area contributed by atoms with Crippen LogP contribution in [0.2, 0.25) is 0 Å². The molecule has 0 saturated heterocycles. The van der Waals surface area contributed by atoms with E-state index in [1.807, 2.05) is 0 Å². The van der Waals surface area contributed by atoms with Gasteiger partial charge in [-0.05, 0) is 46.3 Å². The molecule has 1 aromatic heterocycles. The van der Waals surface area contributed by atoms with Crippen molar-refractivity contribution in [2.45, 2.75) is 66.7 Å². The van der Waals surface area contributed by atoms with Gasteiger partial charge in [0.25, 0.3) is 0 Å². The van der Waals surface area contributed by atoms with Crippen molar-refractivity contribution in [1.82, 2.24) is 4.57 Å². The van der Waals surface area contributed by atoms with Crippen molar-refractivity contribution in [3.05, 3.63) is 58.5 Å². The summed E-state index contributed by atoms with van der Waals surface area (Å²) in [6.45, 7) is 9.75. The van der Waals surface area contributed by atoms with Crippen LogP contribution < -0.4 is 0 Å². The second kappa shape index (κ2) is 11.4. The molecule has 33 heavy (non-hydrogen) atoms. The smallest absolute Gasteiger partial charge is 0.337 e. The van der Waals surface area contributed by atoms with Gasteiger partial charge in [-0.3, -0.25) is 9.59 Å². The van der Waals surface area contributed by atoms with Gasteiger partial charge in [-0.1, -0.05) is 17.7 Å². The van der Waals surface area contributed by atoms with E-state index in [0.29, 0.717) is 23.3 Å². The summed E-state index contributed by atoms with van der Waals surface area (Å²) in [6.07, 6.45) is 6.06. The van der Waals surface area contributed by atoms with Gasteiger partial charge < -0.3 is 18.8 Å². The molecule has 0 N–H and O–H groups in total. The van der Waals surface area contributed by atoms with Crippen molar-refractivity contribution >= 4 is 23.7 Å². The first-order valence-electron chi connectivity index (χ1n) is 10.8. The van der Waals surface area contributed by atoms with Crippen molar-refractivity contribution in [2.24, 2.45) is 0 Å². The quantitative estimate of drug-likeness (QED) is 0.313. The Bertz CT molecular complexity index is 1020. The number of rotatable bonds is 9. The van der Waals surface area contributed by atoms with Crippen LogP contribution in [0, 0.1) is 0 Å². The van der Waals surface area contributed by atoms with E-state index in [9.17, 15) is 19.2 Å². The minimum atomic E-state index is -0.621. The molecule has 0 fully saturated rings. The summed E-state index contributed by atoms with van der Waals surface area (Å²) in [7, 11) is 0. The number of carbonyl (C=O) groups is 4. The van der Waals surface area contributed by atoms with Gasteiger partial charge in [0.2, 0.25) is 0 Å². The van der Waals surface area contributed by atoms with Gasteiger partial charge >= 0.3 is 17.9 Å². The van der Waals surface area contributed by atoms with E-state index in [2.05, 4.69) is 0 Å². The number of hydrogen-bond donors (Lipinski definition) is 0. The summed E-state index contributed by atoms with van der Waals surface area (Å²) in [5, 5.41) is 0. The summed E-state index contributed by atoms with van der Waals surface area (Å²) in [4.78, 5) is 48.7. The summed E-state index contributed by atoms with van der Waals surface area (Å²) >= 11 is 0. The first-order chi connectivity index (χ1) is 15.6. The molecule has 2 heterocycles. The van der Waals surface area contributed by atoms with Gasteiger partial charge in [-0.25, -0.2) is 9.59 Å². The molecule has 0 aromatic carbocycles. The molecule has 2 unspecified atom stereocenters. The number of ether oxygens (including phenoxy) is 3. The highest BCUT2D eigenvalue weighted by Gasteiger charge is 2.39. The van der Waals surface area contributed by atoms with Gasteiger partial charge in [0.05, 0.1) is 11.5 Å². The summed E-state index contributed by atoms with van der Waals surface area (Å²) in [5.41, 5.74) is 2.91. The monoisotopic (exact) mass is 457 g/mol. The van der Waals surface area contributed by atoms with Gasteiger partial charge in [0.15, 0.2) is 12.0 Å². The number of aromatic nitrogens is 1. The minimum Gasteiger partial charge on any atom is -0.457 e. The van der Waals surface area contributed by atoms with Crippen molar-refractivity contribution in [1.29, 1.82) is 0 Å². The van der Waals surface area contributed by atoms with Crippen LogP contribution in [0.15, 0.2) is 47.2 Å². The summed E-state index contributed by atoms with van der Waals surface area (Å²) < 4.78 is 17.7. The van der Waals surface area contributed by atoms with Crippen LogP contribution in [0.5, 0.6) is 0 Å². The number of carbonyl (C=O) groups excluding carboxylic acids is 4. The fraction of sp³-hybridized carbons (Fsp3) is 0.440. The van der Waals surface area contributed by atoms with Crippen LogP contribution >= 0.6 is 0 Å². The van der Waals surface area contributed by atoms with Crippen molar-refractivity contribution < 1.29 is 33.4 Å². The Hall–Kier alpha value is -3.42. The number of esters is 3. The predicted molar refractivity (Wildman–Crippen MR) is 121 cm³/mol. The van der Waals surface area contributed by atoms with Gasteiger partial charge in [-0.2, -0.15) is 0 Å². The Morgan fingerprint density at radius 3 is 2.33 bits per heavy atom. The zero-order chi connectivity index (χ0) is 24.7. The summed E-state index contributed by atoms with van der Waals surface area (Å²) in [6, 6.07) is 1.74. The fourth-order valence-electron chi connectivity index (χ4n) is 3.57. The Balaban J connectivity index is 2.16. The lowest BCUT2D eigenvalue weighted by molar-refractivity contribution is -0.151. The maximum absolute atomic E-state index is 12.9. The summed E-state index contributed by atoms with van der Waals surface area (Å²) in [5.74, 6) is -2.18. The molecule has 178 valence electrons. The molecule has 1 aromatic rings. The van der Waals surface area contributed by atoms with Gasteiger partial charge in [-0.15, -0.1) is 0 Å². The maximum atomic E-state index is 12.9. The second-order valence-corrected chi connectivity index (χ2v) is 8.04. The number of allylic oxidation sites excluding steroid dienone is 4. The standard InChI is InChI=1S/C25H31NO7/c1-7-16(5)24(29)20-12-21(33-17(6)27)26-10-9-19(23(20)26)14-32-25(30)18(8-2)13-31-22(28)11-15(3)4/h7-11,20-21H,12-14H2,1-6H3. The average molecular weight is 458 g/mol. The van der Waals surface area contributed by atoms with E-state index in [-0.39, 0.29) is 24.6 Å². The SMILES string of the molecule is CC=C(C)C(=O)C1CC(OC(C)=O)n2ccc(COC(=O)C(=CC)COC(=O)C=C(C)C)c21. The van der Waals surface area contributed by atoms with E-state index < -0.39 is 30.1 Å². The highest BCUT2D eigenvalue weighted by molar-refractivity contribution is 6.00. The number of hydrogen-bond acceptors (Lipinski definition) is 7. The minimum absolute atomic E-state index is 0.0694. The lowest BCUT2D eigenvalue weighted by atomic mass is 9.92. The molecule has 1 aliphatic rings. The highest BCUT2D eigenvalue weighted by Crippen LogP contribution is 2.41. The first-order valence-corrected chi connectivity index (χ1v) is 10.8. The Kier molecular flexibility index (Phi) is 8.96. The first kappa shape index (κ1) is 25.8. The molecular formula is C25H31NO7. The van der Waals surface area contributed by atoms with Crippen LogP contribution in [0.1, 0.15) is 71.4 Å². The van der Waals surface area contributed by atoms with Crippen LogP contribution in [-0.4, -0.2) is 34.9 Å². The third-order valence-electron chi connectivity index (χ3n) is 5.31. The van der Waals surface area contributed by atoms with E-state index in [0.717, 1.165) is 5.57 Å². The normalized spacial score (nSPS) is 17.8. The largest absolute Gasteiger partial charge is 0.457 e. The van der Waals surface area contributed by atoms with Crippen molar-refractivity contribution in [3.63, 3.8) is 0 Å². The molecule has 2 rings (SSSR count). The Labute approximate surface area is 193 Å². The zero-order valence-electron chi connectivity index (χ0n) is 20.0. The molecule has 0 aliphatic carbocycles. The van der Waals surface area contributed by atoms with Crippen LogP contribution in [0.25, 0.3) is 0 Å². The van der Waals surface area contributed by atoms with Crippen LogP contribution in [-0.2, 0) is 40.0 Å². The lowest BCUT2D eigenvalue weighted by Crippen LogP contribution is -2.16. The van der Waals surface area contributed by atoms with E-state index in [4.69, 9.17) is 14.2 Å². The Morgan fingerprint density at radius 1 is 1.06 bits per heavy atom. The molecule has 1 aliphatic heterocycles. The second-order valence-electron chi connectivity index (χ2n) is 8.04. The van der Waals surface area contributed by atoms with Gasteiger partial charge in [0, 0.05) is 36.9 Å². The van der Waals surface area contributed by atoms with E-state index in [1.54, 1.807) is 57.5 Å². The van der Waals surface area contributed by atoms with E-state index >= 15 is 0 Å². The highest BCUT2D eigenvalue weighted by atomic mass is 16.6. The number of ketones is 1. The molecule has 0 saturated carbocycles. The molecule has 2 atom stereocenters. The molecule has 8 heteroatoms. The average Bonchev–Trinajstić information content (AvgIpc) is 3.31. The van der Waals surface area contributed by atoms with Gasteiger partial charge in [0.1, 0.15) is 13.2 Å². The lowest BCUT2D eigenvalue weighted by Gasteiger charge is -2.13. The molecule has 0 bridgehead atoms. The predicted octanol–water partition coefficient (Wildman–Crippen LogP) is 4.07. The zero-order valence-corrected chi connectivity index (χ0v) is 20.0. The molecule has 0 radical (unpaired) electrons. The third-order valence-corrected chi connectivity index (χ3v) is 5.31. The molecule has 8 nitrogen and oxygen atoms in total. The number of nitrogens with zero attached hydrogens (tertiary/aromatic N) is 1. The third kappa shape index (κ3) is 6.54. The van der Waals surface area contributed by atoms with Crippen LogP contribution in [0.3, 0.4) is 0 Å².